The predicted molar refractivity (Wildman–Crippen MR) is 56.8 cm³/mol. The molecular weight excluding hydrogens is 162 g/mol. The smallest absolute Gasteiger partial charge is 0.146 e. The van der Waals surface area contributed by atoms with Crippen molar-refractivity contribution in [3.63, 3.8) is 0 Å². The number of ketones is 1. The van der Waals surface area contributed by atoms with Crippen LogP contribution in [0.3, 0.4) is 0 Å². The third-order valence-electron chi connectivity index (χ3n) is 2.07. The van der Waals surface area contributed by atoms with Crippen LogP contribution in [0.1, 0.15) is 47.0 Å². The highest BCUT2D eigenvalue weighted by Crippen LogP contribution is 2.09. The molecular formula is C11H23NO. The topological polar surface area (TPSA) is 29.1 Å². The van der Waals surface area contributed by atoms with Gasteiger partial charge in [-0.3, -0.25) is 4.79 Å². The Labute approximate surface area is 82.1 Å². The second kappa shape index (κ2) is 7.07. The Hall–Kier alpha value is -0.370. The molecule has 0 aromatic rings. The third kappa shape index (κ3) is 7.97. The zero-order valence-electron chi connectivity index (χ0n) is 9.39. The van der Waals surface area contributed by atoms with Gasteiger partial charge in [-0.25, -0.2) is 0 Å². The van der Waals surface area contributed by atoms with Gasteiger partial charge in [0, 0.05) is 12.5 Å². The molecule has 2 heteroatoms. The number of Topliss-reactive ketones (excluding diaryl/α,β-unsaturated/α-hetero) is 1. The molecule has 2 nitrogen and oxygen atoms in total. The van der Waals surface area contributed by atoms with Crippen LogP contribution in [0.5, 0.6) is 0 Å². The summed E-state index contributed by atoms with van der Waals surface area (Å²) in [5, 5.41) is 3.14. The maximum Gasteiger partial charge on any atom is 0.146 e. The van der Waals surface area contributed by atoms with Crippen LogP contribution in [0.15, 0.2) is 0 Å². The molecule has 0 aromatic heterocycles. The van der Waals surface area contributed by atoms with E-state index in [1.165, 1.54) is 6.42 Å². The highest BCUT2D eigenvalue weighted by molar-refractivity contribution is 5.80. The van der Waals surface area contributed by atoms with Crippen molar-refractivity contribution in [2.24, 2.45) is 5.92 Å². The van der Waals surface area contributed by atoms with E-state index in [1.807, 2.05) is 0 Å². The van der Waals surface area contributed by atoms with Crippen molar-refractivity contribution in [2.45, 2.75) is 53.0 Å². The minimum atomic E-state index is 0.342. The molecule has 0 saturated carbocycles. The predicted octanol–water partition coefficient (Wildman–Crippen LogP) is 2.38. The Morgan fingerprint density at radius 3 is 2.38 bits per heavy atom. The SMILES string of the molecule is CCCC(C)CC(=O)CNC(C)C. The van der Waals surface area contributed by atoms with Gasteiger partial charge in [-0.2, -0.15) is 0 Å². The van der Waals surface area contributed by atoms with Crippen molar-refractivity contribution < 1.29 is 4.79 Å². The lowest BCUT2D eigenvalue weighted by molar-refractivity contribution is -0.119. The molecule has 0 heterocycles. The molecule has 1 N–H and O–H groups in total. The van der Waals surface area contributed by atoms with E-state index in [4.69, 9.17) is 0 Å². The minimum Gasteiger partial charge on any atom is -0.308 e. The molecule has 0 radical (unpaired) electrons. The van der Waals surface area contributed by atoms with Crippen molar-refractivity contribution in [3.05, 3.63) is 0 Å². The summed E-state index contributed by atoms with van der Waals surface area (Å²) in [6.07, 6.45) is 3.06. The van der Waals surface area contributed by atoms with Crippen LogP contribution in [0, 0.1) is 5.92 Å². The standard InChI is InChI=1S/C11H23NO/c1-5-6-10(4)7-11(13)8-12-9(2)3/h9-10,12H,5-8H2,1-4H3. The van der Waals surface area contributed by atoms with E-state index in [0.717, 1.165) is 12.8 Å². The minimum absolute atomic E-state index is 0.342. The van der Waals surface area contributed by atoms with E-state index in [9.17, 15) is 4.79 Å². The molecule has 0 amide bonds. The number of nitrogens with one attached hydrogen (secondary N) is 1. The van der Waals surface area contributed by atoms with Gasteiger partial charge in [-0.1, -0.05) is 40.5 Å². The molecule has 0 saturated heterocycles. The molecule has 0 aliphatic carbocycles. The van der Waals surface area contributed by atoms with E-state index in [0.29, 0.717) is 24.3 Å². The van der Waals surface area contributed by atoms with Crippen molar-refractivity contribution in [1.29, 1.82) is 0 Å². The maximum absolute atomic E-state index is 11.4. The molecule has 78 valence electrons. The zero-order valence-corrected chi connectivity index (χ0v) is 9.39. The Bertz CT molecular complexity index is 143. The van der Waals surface area contributed by atoms with Crippen LogP contribution < -0.4 is 5.32 Å². The molecule has 1 unspecified atom stereocenters. The summed E-state index contributed by atoms with van der Waals surface area (Å²) in [5.74, 6) is 0.890. The summed E-state index contributed by atoms with van der Waals surface area (Å²) in [6, 6.07) is 0.408. The number of hydrogen-bond acceptors (Lipinski definition) is 2. The number of rotatable bonds is 7. The summed E-state index contributed by atoms with van der Waals surface area (Å²) < 4.78 is 0. The lowest BCUT2D eigenvalue weighted by atomic mass is 9.99. The lowest BCUT2D eigenvalue weighted by Crippen LogP contribution is -2.29. The second-order valence-electron chi connectivity index (χ2n) is 4.17. The Balaban J connectivity index is 3.50. The van der Waals surface area contributed by atoms with Gasteiger partial charge < -0.3 is 5.32 Å². The zero-order chi connectivity index (χ0) is 10.3. The first-order chi connectivity index (χ1) is 6.06. The largest absolute Gasteiger partial charge is 0.308 e. The van der Waals surface area contributed by atoms with E-state index in [1.54, 1.807) is 0 Å². The monoisotopic (exact) mass is 185 g/mol. The van der Waals surface area contributed by atoms with Crippen LogP contribution in [0.4, 0.5) is 0 Å². The second-order valence-corrected chi connectivity index (χ2v) is 4.17. The van der Waals surface area contributed by atoms with E-state index in [-0.39, 0.29) is 0 Å². The van der Waals surface area contributed by atoms with Crippen LogP contribution >= 0.6 is 0 Å². The van der Waals surface area contributed by atoms with E-state index >= 15 is 0 Å². The van der Waals surface area contributed by atoms with Gasteiger partial charge >= 0.3 is 0 Å². The van der Waals surface area contributed by atoms with Gasteiger partial charge in [-0.15, -0.1) is 0 Å². The summed E-state index contributed by atoms with van der Waals surface area (Å²) in [7, 11) is 0. The van der Waals surface area contributed by atoms with Crippen LogP contribution in [-0.2, 0) is 4.79 Å². The van der Waals surface area contributed by atoms with Crippen molar-refractivity contribution in [1.82, 2.24) is 5.32 Å². The molecule has 13 heavy (non-hydrogen) atoms. The fourth-order valence-electron chi connectivity index (χ4n) is 1.37. The molecule has 0 spiro atoms. The maximum atomic E-state index is 11.4. The molecule has 0 rings (SSSR count). The van der Waals surface area contributed by atoms with Gasteiger partial charge in [0.05, 0.1) is 6.54 Å². The third-order valence-corrected chi connectivity index (χ3v) is 2.07. The number of carbonyl (C=O) groups is 1. The molecule has 0 aromatic carbocycles. The lowest BCUT2D eigenvalue weighted by Gasteiger charge is -2.10. The summed E-state index contributed by atoms with van der Waals surface area (Å²) in [5.41, 5.74) is 0. The molecule has 0 fully saturated rings. The highest BCUT2D eigenvalue weighted by atomic mass is 16.1. The van der Waals surface area contributed by atoms with Crippen molar-refractivity contribution >= 4 is 5.78 Å². The van der Waals surface area contributed by atoms with Gasteiger partial charge in [0.2, 0.25) is 0 Å². The molecule has 1 atom stereocenters. The fraction of sp³-hybridized carbons (Fsp3) is 0.909. The van der Waals surface area contributed by atoms with Gasteiger partial charge in [0.25, 0.3) is 0 Å². The summed E-state index contributed by atoms with van der Waals surface area (Å²) >= 11 is 0. The quantitative estimate of drug-likeness (QED) is 0.660. The van der Waals surface area contributed by atoms with Crippen LogP contribution in [0.2, 0.25) is 0 Å². The highest BCUT2D eigenvalue weighted by Gasteiger charge is 2.08. The first-order valence-electron chi connectivity index (χ1n) is 5.31. The average Bonchev–Trinajstić information content (AvgIpc) is 2.01. The number of hydrogen-bond donors (Lipinski definition) is 1. The Morgan fingerprint density at radius 2 is 1.92 bits per heavy atom. The van der Waals surface area contributed by atoms with Crippen LogP contribution in [-0.4, -0.2) is 18.4 Å². The first kappa shape index (κ1) is 12.6. The van der Waals surface area contributed by atoms with E-state index < -0.39 is 0 Å². The van der Waals surface area contributed by atoms with Crippen molar-refractivity contribution in [3.8, 4) is 0 Å². The molecule has 0 aliphatic rings. The summed E-state index contributed by atoms with van der Waals surface area (Å²) in [4.78, 5) is 11.4. The summed E-state index contributed by atoms with van der Waals surface area (Å²) in [6.45, 7) is 8.96. The van der Waals surface area contributed by atoms with Crippen molar-refractivity contribution in [2.75, 3.05) is 6.54 Å². The van der Waals surface area contributed by atoms with Crippen LogP contribution in [0.25, 0.3) is 0 Å². The van der Waals surface area contributed by atoms with E-state index in [2.05, 4.69) is 33.0 Å². The fourth-order valence-corrected chi connectivity index (χ4v) is 1.37. The van der Waals surface area contributed by atoms with Gasteiger partial charge in [0.15, 0.2) is 0 Å². The Kier molecular flexibility index (Phi) is 6.87. The van der Waals surface area contributed by atoms with Gasteiger partial charge in [-0.05, 0) is 5.92 Å². The average molecular weight is 185 g/mol. The Morgan fingerprint density at radius 1 is 1.31 bits per heavy atom. The first-order valence-corrected chi connectivity index (χ1v) is 5.31. The molecule has 0 aliphatic heterocycles. The number of carbonyl (C=O) groups excluding carboxylic acids is 1. The normalized spacial score (nSPS) is 13.3. The van der Waals surface area contributed by atoms with Gasteiger partial charge in [0.1, 0.15) is 5.78 Å². The molecule has 0 bridgehead atoms.